The zero-order valence-corrected chi connectivity index (χ0v) is 26.1. The lowest BCUT2D eigenvalue weighted by atomic mass is 9.99. The number of rotatable bonds is 15. The molecule has 42 heavy (non-hydrogen) atoms. The van der Waals surface area contributed by atoms with Crippen molar-refractivity contribution in [3.63, 3.8) is 0 Å². The van der Waals surface area contributed by atoms with Crippen LogP contribution in [0.5, 0.6) is 0 Å². The third-order valence-corrected chi connectivity index (χ3v) is 7.33. The van der Waals surface area contributed by atoms with Crippen molar-refractivity contribution in [2.45, 2.75) is 65.1 Å². The Morgan fingerprint density at radius 1 is 0.905 bits per heavy atom. The van der Waals surface area contributed by atoms with Crippen molar-refractivity contribution in [3.05, 3.63) is 105 Å². The number of benzene rings is 3. The van der Waals surface area contributed by atoms with Crippen molar-refractivity contribution in [1.29, 1.82) is 0 Å². The second-order valence-electron chi connectivity index (χ2n) is 10.4. The fourth-order valence-corrected chi connectivity index (χ4v) is 5.29. The molecule has 3 rings (SSSR count). The van der Waals surface area contributed by atoms with Gasteiger partial charge in [0, 0.05) is 40.8 Å². The van der Waals surface area contributed by atoms with Gasteiger partial charge in [-0.2, -0.15) is 0 Å². The van der Waals surface area contributed by atoms with Crippen molar-refractivity contribution in [2.75, 3.05) is 19.7 Å². The molecule has 1 unspecified atom stereocenters. The Kier molecular flexibility index (Phi) is 13.1. The molecule has 6 nitrogen and oxygen atoms in total. The van der Waals surface area contributed by atoms with Gasteiger partial charge < -0.3 is 20.7 Å². The summed E-state index contributed by atoms with van der Waals surface area (Å²) >= 11 is 3.43. The molecule has 0 aromatic heterocycles. The molecule has 0 bridgehead atoms. The molecule has 0 saturated heterocycles. The van der Waals surface area contributed by atoms with Crippen LogP contribution in [0.15, 0.2) is 65.1 Å². The summed E-state index contributed by atoms with van der Waals surface area (Å²) < 4.78 is 34.4. The normalized spacial score (nSPS) is 12.5. The number of carbonyl (C=O) groups excluding carboxylic acids is 2. The summed E-state index contributed by atoms with van der Waals surface area (Å²) in [6, 6.07) is 14.8. The third kappa shape index (κ3) is 10.00. The first-order valence-corrected chi connectivity index (χ1v) is 15.2. The molecule has 3 aromatic carbocycles. The van der Waals surface area contributed by atoms with Gasteiger partial charge in [-0.1, -0.05) is 61.0 Å². The molecular formula is C33H40BrF2N3O3. The maximum absolute atomic E-state index is 14.0. The van der Waals surface area contributed by atoms with E-state index in [1.54, 1.807) is 23.1 Å². The van der Waals surface area contributed by atoms with E-state index in [0.717, 1.165) is 30.9 Å². The molecule has 2 amide bonds. The van der Waals surface area contributed by atoms with E-state index in [-0.39, 0.29) is 24.5 Å². The predicted octanol–water partition coefficient (Wildman–Crippen LogP) is 6.44. The van der Waals surface area contributed by atoms with Crippen molar-refractivity contribution >= 4 is 27.7 Å². The largest absolute Gasteiger partial charge is 0.375 e. The predicted molar refractivity (Wildman–Crippen MR) is 165 cm³/mol. The van der Waals surface area contributed by atoms with Gasteiger partial charge in [-0.3, -0.25) is 9.59 Å². The maximum atomic E-state index is 14.0. The molecule has 0 aliphatic heterocycles. The van der Waals surface area contributed by atoms with E-state index in [4.69, 9.17) is 10.5 Å². The standard InChI is InChI=1S/C33H40BrF2N3O3/c1-4-10-39(11-5-2)33(41)26-16-25(17-27(34)18-26)32(40)38-31(15-24-13-28(35)19-29(36)14-24)30(37)21-42-20-23-9-7-8-22(6-3)12-23/h7-9,12-14,16-19,30-31H,4-6,10-11,15,20-21,37H2,1-3H3,(H,38,40)/t30?,31-/m0/s1. The van der Waals surface area contributed by atoms with E-state index < -0.39 is 29.6 Å². The molecular weight excluding hydrogens is 604 g/mol. The molecule has 2 atom stereocenters. The van der Waals surface area contributed by atoms with Gasteiger partial charge in [0.05, 0.1) is 19.3 Å². The summed E-state index contributed by atoms with van der Waals surface area (Å²) in [5.74, 6) is -2.04. The van der Waals surface area contributed by atoms with E-state index in [9.17, 15) is 18.4 Å². The van der Waals surface area contributed by atoms with Crippen LogP contribution in [0, 0.1) is 11.6 Å². The number of carbonyl (C=O) groups is 2. The lowest BCUT2D eigenvalue weighted by Crippen LogP contribution is -2.51. The summed E-state index contributed by atoms with van der Waals surface area (Å²) in [4.78, 5) is 28.5. The van der Waals surface area contributed by atoms with Gasteiger partial charge in [0.2, 0.25) is 0 Å². The van der Waals surface area contributed by atoms with Crippen LogP contribution in [0.2, 0.25) is 0 Å². The number of hydrogen-bond donors (Lipinski definition) is 2. The number of amides is 2. The van der Waals surface area contributed by atoms with E-state index in [0.29, 0.717) is 35.3 Å². The van der Waals surface area contributed by atoms with E-state index in [1.807, 2.05) is 32.0 Å². The van der Waals surface area contributed by atoms with Gasteiger partial charge in [-0.15, -0.1) is 0 Å². The molecule has 0 aliphatic rings. The lowest BCUT2D eigenvalue weighted by Gasteiger charge is -2.26. The highest BCUT2D eigenvalue weighted by atomic mass is 79.9. The maximum Gasteiger partial charge on any atom is 0.253 e. The van der Waals surface area contributed by atoms with Crippen LogP contribution >= 0.6 is 15.9 Å². The zero-order chi connectivity index (χ0) is 30.6. The smallest absolute Gasteiger partial charge is 0.253 e. The highest BCUT2D eigenvalue weighted by molar-refractivity contribution is 9.10. The summed E-state index contributed by atoms with van der Waals surface area (Å²) in [6.45, 7) is 7.76. The molecule has 9 heteroatoms. The number of nitrogens with one attached hydrogen (secondary N) is 1. The fourth-order valence-electron chi connectivity index (χ4n) is 4.79. The molecule has 0 fully saturated rings. The van der Waals surface area contributed by atoms with Gasteiger partial charge in [0.15, 0.2) is 0 Å². The zero-order valence-electron chi connectivity index (χ0n) is 24.5. The molecule has 0 saturated carbocycles. The summed E-state index contributed by atoms with van der Waals surface area (Å²) in [6.07, 6.45) is 2.62. The Bertz CT molecular complexity index is 1330. The minimum absolute atomic E-state index is 0.0802. The van der Waals surface area contributed by atoms with Gasteiger partial charge >= 0.3 is 0 Å². The van der Waals surface area contributed by atoms with Gasteiger partial charge in [0.25, 0.3) is 11.8 Å². The van der Waals surface area contributed by atoms with E-state index in [1.165, 1.54) is 17.7 Å². The minimum atomic E-state index is -0.713. The van der Waals surface area contributed by atoms with Crippen LogP contribution in [0.1, 0.15) is 71.0 Å². The monoisotopic (exact) mass is 643 g/mol. The molecule has 0 spiro atoms. The van der Waals surface area contributed by atoms with Crippen molar-refractivity contribution in [1.82, 2.24) is 10.2 Å². The molecule has 0 aliphatic carbocycles. The van der Waals surface area contributed by atoms with Gasteiger partial charge in [0.1, 0.15) is 11.6 Å². The van der Waals surface area contributed by atoms with Crippen LogP contribution in [-0.4, -0.2) is 48.5 Å². The Labute approximate surface area is 255 Å². The minimum Gasteiger partial charge on any atom is -0.375 e. The lowest BCUT2D eigenvalue weighted by molar-refractivity contribution is 0.0755. The Balaban J connectivity index is 1.80. The van der Waals surface area contributed by atoms with Crippen LogP contribution < -0.4 is 11.1 Å². The average Bonchev–Trinajstić information content (AvgIpc) is 2.95. The molecule has 3 aromatic rings. The number of halogens is 3. The van der Waals surface area contributed by atoms with Gasteiger partial charge in [-0.05, 0) is 72.7 Å². The third-order valence-electron chi connectivity index (χ3n) is 6.87. The van der Waals surface area contributed by atoms with Crippen LogP contribution in [0.4, 0.5) is 8.78 Å². The number of nitrogens with two attached hydrogens (primary N) is 1. The van der Waals surface area contributed by atoms with Crippen LogP contribution in [0.3, 0.4) is 0 Å². The summed E-state index contributed by atoms with van der Waals surface area (Å²) in [7, 11) is 0. The van der Waals surface area contributed by atoms with Crippen LogP contribution in [0.25, 0.3) is 0 Å². The topological polar surface area (TPSA) is 84.7 Å². The Hall–Kier alpha value is -3.14. The first kappa shape index (κ1) is 33.4. The number of nitrogens with zero attached hydrogens (tertiary/aromatic N) is 1. The first-order valence-electron chi connectivity index (χ1n) is 14.4. The number of aryl methyl sites for hydroxylation is 1. The second-order valence-corrected chi connectivity index (χ2v) is 11.4. The Morgan fingerprint density at radius 3 is 2.19 bits per heavy atom. The van der Waals surface area contributed by atoms with Gasteiger partial charge in [-0.25, -0.2) is 8.78 Å². The number of ether oxygens (including phenoxy) is 1. The van der Waals surface area contributed by atoms with Crippen LogP contribution in [-0.2, 0) is 24.2 Å². The highest BCUT2D eigenvalue weighted by Gasteiger charge is 2.24. The van der Waals surface area contributed by atoms with Crippen molar-refractivity contribution < 1.29 is 23.1 Å². The second kappa shape index (κ2) is 16.5. The molecule has 3 N–H and O–H groups in total. The summed E-state index contributed by atoms with van der Waals surface area (Å²) in [5.41, 5.74) is 9.71. The first-order chi connectivity index (χ1) is 20.1. The molecule has 0 heterocycles. The van der Waals surface area contributed by atoms with E-state index in [2.05, 4.69) is 34.2 Å². The highest BCUT2D eigenvalue weighted by Crippen LogP contribution is 2.19. The number of hydrogen-bond acceptors (Lipinski definition) is 4. The molecule has 0 radical (unpaired) electrons. The van der Waals surface area contributed by atoms with E-state index >= 15 is 0 Å². The van der Waals surface area contributed by atoms with Crippen molar-refractivity contribution in [2.24, 2.45) is 5.73 Å². The Morgan fingerprint density at radius 2 is 1.55 bits per heavy atom. The van der Waals surface area contributed by atoms with Crippen molar-refractivity contribution in [3.8, 4) is 0 Å². The fraction of sp³-hybridized carbons (Fsp3) is 0.394. The average molecular weight is 645 g/mol. The summed E-state index contributed by atoms with van der Waals surface area (Å²) in [5, 5.41) is 2.93. The SMILES string of the molecule is CCCN(CCC)C(=O)c1cc(Br)cc(C(=O)N[C@@H](Cc2cc(F)cc(F)c2)C(N)COCc2cccc(CC)c2)c1. The molecule has 226 valence electrons. The quantitative estimate of drug-likeness (QED) is 0.200.